The van der Waals surface area contributed by atoms with Gasteiger partial charge in [0.2, 0.25) is 0 Å². The van der Waals surface area contributed by atoms with Crippen molar-refractivity contribution in [3.05, 3.63) is 0 Å². The van der Waals surface area contributed by atoms with Gasteiger partial charge in [0.05, 0.1) is 0 Å². The molecule has 0 aliphatic heterocycles. The Morgan fingerprint density at radius 2 is 2.08 bits per heavy atom. The molecule has 0 spiro atoms. The van der Waals surface area contributed by atoms with Gasteiger partial charge in [0.1, 0.15) is 0 Å². The smallest absolute Gasteiger partial charge is 0.0465 e. The van der Waals surface area contributed by atoms with Crippen molar-refractivity contribution in [2.75, 3.05) is 32.8 Å². The molecule has 0 bridgehead atoms. The molecule has 3 heteroatoms. The Labute approximate surface area is 86.8 Å². The lowest BCUT2D eigenvalue weighted by molar-refractivity contribution is 0.170. The zero-order valence-corrected chi connectivity index (χ0v) is 10.1. The summed E-state index contributed by atoms with van der Waals surface area (Å²) in [6.45, 7) is 3.17. The van der Waals surface area contributed by atoms with Gasteiger partial charge in [-0.2, -0.15) is 11.8 Å². The largest absolute Gasteiger partial charge is 0.385 e. The van der Waals surface area contributed by atoms with E-state index in [1.807, 2.05) is 18.8 Å². The summed E-state index contributed by atoms with van der Waals surface area (Å²) in [7, 11) is 3.82. The van der Waals surface area contributed by atoms with Crippen LogP contribution in [0.3, 0.4) is 0 Å². The van der Waals surface area contributed by atoms with Gasteiger partial charge >= 0.3 is 0 Å². The number of ether oxygens (including phenoxy) is 1. The second-order valence-corrected chi connectivity index (χ2v) is 4.42. The molecule has 80 valence electrons. The Hall–Kier alpha value is 0.270. The Balaban J connectivity index is 3.63. The highest BCUT2D eigenvalue weighted by molar-refractivity contribution is 7.98. The first-order chi connectivity index (χ1) is 6.26. The van der Waals surface area contributed by atoms with Gasteiger partial charge in [-0.1, -0.05) is 6.92 Å². The lowest BCUT2D eigenvalue weighted by Crippen LogP contribution is -2.33. The molecule has 0 fully saturated rings. The fourth-order valence-corrected chi connectivity index (χ4v) is 1.95. The number of nitrogens with one attached hydrogen (secondary N) is 1. The van der Waals surface area contributed by atoms with Gasteiger partial charge in [-0.05, 0) is 37.8 Å². The van der Waals surface area contributed by atoms with Gasteiger partial charge < -0.3 is 10.1 Å². The fraction of sp³-hybridized carbons (Fsp3) is 1.00. The average molecular weight is 205 g/mol. The molecule has 0 aliphatic rings. The number of rotatable bonds is 8. The maximum Gasteiger partial charge on any atom is 0.0465 e. The topological polar surface area (TPSA) is 21.3 Å². The van der Waals surface area contributed by atoms with Gasteiger partial charge in [-0.25, -0.2) is 0 Å². The van der Waals surface area contributed by atoms with Crippen molar-refractivity contribution in [1.29, 1.82) is 0 Å². The van der Waals surface area contributed by atoms with Gasteiger partial charge in [0.15, 0.2) is 0 Å². The van der Waals surface area contributed by atoms with Crippen LogP contribution in [0.1, 0.15) is 19.8 Å². The van der Waals surface area contributed by atoms with Gasteiger partial charge in [-0.15, -0.1) is 0 Å². The Morgan fingerprint density at radius 3 is 2.54 bits per heavy atom. The molecule has 0 saturated carbocycles. The number of methoxy groups -OCH3 is 1. The Bertz CT molecular complexity index is 111. The van der Waals surface area contributed by atoms with Gasteiger partial charge in [0.25, 0.3) is 0 Å². The maximum absolute atomic E-state index is 5.08. The molecule has 0 saturated heterocycles. The standard InChI is InChI=1S/C10H23NOS/c1-9(5-7-12-3)10(11-2)6-8-13-4/h9-11H,5-8H2,1-4H3. The van der Waals surface area contributed by atoms with Crippen LogP contribution in [0.5, 0.6) is 0 Å². The van der Waals surface area contributed by atoms with E-state index in [4.69, 9.17) is 4.74 Å². The van der Waals surface area contributed by atoms with E-state index in [-0.39, 0.29) is 0 Å². The summed E-state index contributed by atoms with van der Waals surface area (Å²) in [5, 5.41) is 3.38. The summed E-state index contributed by atoms with van der Waals surface area (Å²) in [6, 6.07) is 0.641. The lowest BCUT2D eigenvalue weighted by atomic mass is 9.97. The molecule has 2 atom stereocenters. The van der Waals surface area contributed by atoms with Crippen LogP contribution in [0.4, 0.5) is 0 Å². The Kier molecular flexibility index (Phi) is 9.03. The van der Waals surface area contributed by atoms with Crippen LogP contribution in [-0.2, 0) is 4.74 Å². The third kappa shape index (κ3) is 6.36. The van der Waals surface area contributed by atoms with Crippen LogP contribution in [0.25, 0.3) is 0 Å². The summed E-state index contributed by atoms with van der Waals surface area (Å²) in [5.74, 6) is 1.94. The molecule has 13 heavy (non-hydrogen) atoms. The molecule has 0 rings (SSSR count). The molecule has 0 aliphatic carbocycles. The third-order valence-electron chi connectivity index (χ3n) is 2.47. The van der Waals surface area contributed by atoms with Crippen molar-refractivity contribution in [3.8, 4) is 0 Å². The molecule has 2 unspecified atom stereocenters. The molecular formula is C10H23NOS. The minimum atomic E-state index is 0.641. The molecule has 0 radical (unpaired) electrons. The molecule has 0 aromatic rings. The minimum Gasteiger partial charge on any atom is -0.385 e. The second kappa shape index (κ2) is 8.85. The molecular weight excluding hydrogens is 182 g/mol. The van der Waals surface area contributed by atoms with E-state index in [9.17, 15) is 0 Å². The lowest BCUT2D eigenvalue weighted by Gasteiger charge is -2.22. The van der Waals surface area contributed by atoms with E-state index < -0.39 is 0 Å². The van der Waals surface area contributed by atoms with E-state index >= 15 is 0 Å². The number of thioether (sulfide) groups is 1. The molecule has 0 aromatic heterocycles. The average Bonchev–Trinajstić information content (AvgIpc) is 2.16. The van der Waals surface area contributed by atoms with E-state index in [1.54, 1.807) is 7.11 Å². The summed E-state index contributed by atoms with van der Waals surface area (Å²) in [6.07, 6.45) is 4.56. The summed E-state index contributed by atoms with van der Waals surface area (Å²) in [5.41, 5.74) is 0. The minimum absolute atomic E-state index is 0.641. The SMILES string of the molecule is CNC(CCSC)C(C)CCOC. The zero-order chi connectivity index (χ0) is 10.1. The monoisotopic (exact) mass is 205 g/mol. The van der Waals surface area contributed by atoms with Crippen LogP contribution in [0, 0.1) is 5.92 Å². The zero-order valence-electron chi connectivity index (χ0n) is 9.30. The van der Waals surface area contributed by atoms with Crippen LogP contribution in [0.2, 0.25) is 0 Å². The molecule has 0 aromatic carbocycles. The highest BCUT2D eigenvalue weighted by Gasteiger charge is 2.13. The van der Waals surface area contributed by atoms with E-state index in [1.165, 1.54) is 12.2 Å². The first-order valence-electron chi connectivity index (χ1n) is 4.91. The van der Waals surface area contributed by atoms with Crippen molar-refractivity contribution in [2.45, 2.75) is 25.8 Å². The number of hydrogen-bond donors (Lipinski definition) is 1. The summed E-state index contributed by atoms with van der Waals surface area (Å²) in [4.78, 5) is 0. The first kappa shape index (κ1) is 13.3. The van der Waals surface area contributed by atoms with Crippen LogP contribution in [0.15, 0.2) is 0 Å². The summed E-state index contributed by atoms with van der Waals surface area (Å²) < 4.78 is 5.08. The van der Waals surface area contributed by atoms with Crippen molar-refractivity contribution < 1.29 is 4.74 Å². The number of hydrogen-bond acceptors (Lipinski definition) is 3. The van der Waals surface area contributed by atoms with Crippen molar-refractivity contribution in [1.82, 2.24) is 5.32 Å². The van der Waals surface area contributed by atoms with Crippen LogP contribution >= 0.6 is 11.8 Å². The highest BCUT2D eigenvalue weighted by atomic mass is 32.2. The quantitative estimate of drug-likeness (QED) is 0.655. The third-order valence-corrected chi connectivity index (χ3v) is 3.11. The second-order valence-electron chi connectivity index (χ2n) is 3.44. The predicted octanol–water partition coefficient (Wildman–Crippen LogP) is 2.00. The highest BCUT2D eigenvalue weighted by Crippen LogP contribution is 2.13. The van der Waals surface area contributed by atoms with Gasteiger partial charge in [0, 0.05) is 19.8 Å². The van der Waals surface area contributed by atoms with Crippen molar-refractivity contribution in [2.24, 2.45) is 5.92 Å². The van der Waals surface area contributed by atoms with E-state index in [0.717, 1.165) is 13.0 Å². The van der Waals surface area contributed by atoms with Crippen LogP contribution in [-0.4, -0.2) is 38.8 Å². The van der Waals surface area contributed by atoms with Crippen molar-refractivity contribution >= 4 is 11.8 Å². The summed E-state index contributed by atoms with van der Waals surface area (Å²) >= 11 is 1.92. The van der Waals surface area contributed by atoms with E-state index in [0.29, 0.717) is 12.0 Å². The van der Waals surface area contributed by atoms with Crippen LogP contribution < -0.4 is 5.32 Å². The van der Waals surface area contributed by atoms with E-state index in [2.05, 4.69) is 18.5 Å². The fourth-order valence-electron chi connectivity index (χ4n) is 1.46. The van der Waals surface area contributed by atoms with Crippen molar-refractivity contribution in [3.63, 3.8) is 0 Å². The Morgan fingerprint density at radius 1 is 1.38 bits per heavy atom. The molecule has 0 amide bonds. The predicted molar refractivity (Wildman–Crippen MR) is 61.5 cm³/mol. The molecule has 2 nitrogen and oxygen atoms in total. The molecule has 0 heterocycles. The normalized spacial score (nSPS) is 15.7. The maximum atomic E-state index is 5.08. The molecule has 1 N–H and O–H groups in total. The first-order valence-corrected chi connectivity index (χ1v) is 6.30. The van der Waals surface area contributed by atoms with Gasteiger partial charge in [-0.3, -0.25) is 0 Å².